The van der Waals surface area contributed by atoms with Gasteiger partial charge < -0.3 is 14.9 Å². The summed E-state index contributed by atoms with van der Waals surface area (Å²) in [7, 11) is 0. The van der Waals surface area contributed by atoms with E-state index in [0.29, 0.717) is 0 Å². The van der Waals surface area contributed by atoms with Crippen molar-refractivity contribution >= 4 is 80.7 Å². The molecule has 10 aromatic rings. The topological polar surface area (TPSA) is 35.9 Å². The van der Waals surface area contributed by atoms with E-state index in [9.17, 15) is 0 Å². The molecule has 0 bridgehead atoms. The van der Waals surface area contributed by atoms with E-state index < -0.39 is 5.66 Å². The summed E-state index contributed by atoms with van der Waals surface area (Å²) < 4.78 is 7.28. The number of hydrogen-bond acceptors (Lipinski definition) is 2. The molecule has 0 fully saturated rings. The van der Waals surface area contributed by atoms with Crippen LogP contribution in [0.5, 0.6) is 0 Å². The van der Waals surface area contributed by atoms with Gasteiger partial charge in [0.05, 0.1) is 22.1 Å². The van der Waals surface area contributed by atoms with Gasteiger partial charge in [-0.25, -0.2) is 0 Å². The Morgan fingerprint density at radius 1 is 0.490 bits per heavy atom. The second-order valence-corrected chi connectivity index (χ2v) is 14.6. The number of rotatable bonds is 4. The van der Waals surface area contributed by atoms with Crippen LogP contribution in [0, 0.1) is 0 Å². The normalized spacial score (nSPS) is 16.1. The lowest BCUT2D eigenvalue weighted by atomic mass is 9.94. The first-order valence-corrected chi connectivity index (χ1v) is 18.2. The van der Waals surface area contributed by atoms with Crippen molar-refractivity contribution in [3.63, 3.8) is 0 Å². The molecule has 1 aliphatic carbocycles. The summed E-state index contributed by atoms with van der Waals surface area (Å²) in [5.74, 6) is 0. The number of fused-ring (bicyclic) bond motifs is 9. The third-order valence-electron chi connectivity index (χ3n) is 10.8. The van der Waals surface area contributed by atoms with Crippen molar-refractivity contribution in [3.8, 4) is 16.8 Å². The molecule has 0 aliphatic heterocycles. The van der Waals surface area contributed by atoms with Crippen molar-refractivity contribution in [2.24, 2.45) is 5.73 Å². The lowest BCUT2D eigenvalue weighted by Crippen LogP contribution is -2.40. The quantitative estimate of drug-likeness (QED) is 0.199. The summed E-state index contributed by atoms with van der Waals surface area (Å²) in [6.07, 6.45) is 6.48. The first-order valence-electron chi connectivity index (χ1n) is 17.4. The molecule has 0 unspecified atom stereocenters. The van der Waals surface area contributed by atoms with Crippen LogP contribution in [0.2, 0.25) is 0 Å². The maximum atomic E-state index is 7.64. The summed E-state index contributed by atoms with van der Waals surface area (Å²) >= 11 is 1.85. The van der Waals surface area contributed by atoms with Gasteiger partial charge in [0.2, 0.25) is 0 Å². The van der Waals surface area contributed by atoms with Crippen molar-refractivity contribution in [1.82, 2.24) is 9.13 Å². The van der Waals surface area contributed by atoms with Crippen molar-refractivity contribution in [3.05, 3.63) is 182 Å². The molecule has 1 aliphatic rings. The molecule has 0 saturated heterocycles. The van der Waals surface area contributed by atoms with Crippen molar-refractivity contribution in [2.45, 2.75) is 5.66 Å². The largest absolute Gasteiger partial charge is 0.314 e. The van der Waals surface area contributed by atoms with Gasteiger partial charge in [0.15, 0.2) is 0 Å². The van der Waals surface area contributed by atoms with E-state index in [1.165, 1.54) is 75.1 Å². The molecule has 11 rings (SSSR count). The number of thiophene rings is 1. The Labute approximate surface area is 298 Å². The highest BCUT2D eigenvalue weighted by molar-refractivity contribution is 7.26. The molecule has 240 valence electrons. The van der Waals surface area contributed by atoms with Gasteiger partial charge in [0, 0.05) is 53.0 Å². The molecule has 0 radical (unpaired) electrons. The molecule has 3 aromatic heterocycles. The van der Waals surface area contributed by atoms with Crippen LogP contribution >= 0.6 is 11.3 Å². The fraction of sp³-hybridized carbons (Fsp3) is 0.0213. The zero-order chi connectivity index (χ0) is 33.7. The van der Waals surface area contributed by atoms with Gasteiger partial charge in [0.25, 0.3) is 0 Å². The number of allylic oxidation sites excluding steroid dienone is 2. The minimum atomic E-state index is -0.870. The van der Waals surface area contributed by atoms with Gasteiger partial charge in [-0.1, -0.05) is 115 Å². The summed E-state index contributed by atoms with van der Waals surface area (Å²) in [6, 6.07) is 57.1. The molecule has 2 N–H and O–H groups in total. The Hall–Kier alpha value is -6.20. The van der Waals surface area contributed by atoms with Gasteiger partial charge in [0.1, 0.15) is 5.66 Å². The van der Waals surface area contributed by atoms with E-state index >= 15 is 0 Å². The Balaban J connectivity index is 1.09. The van der Waals surface area contributed by atoms with E-state index in [-0.39, 0.29) is 0 Å². The van der Waals surface area contributed by atoms with E-state index in [2.05, 4.69) is 185 Å². The summed E-state index contributed by atoms with van der Waals surface area (Å²) in [5, 5.41) is 7.46. The fourth-order valence-corrected chi connectivity index (χ4v) is 9.76. The smallest absolute Gasteiger partial charge is 0.139 e. The van der Waals surface area contributed by atoms with Gasteiger partial charge in [-0.3, -0.25) is 0 Å². The molecular weight excluding hydrogens is 639 g/mol. The molecule has 0 spiro atoms. The third-order valence-corrected chi connectivity index (χ3v) is 12.0. The van der Waals surface area contributed by atoms with Crippen molar-refractivity contribution < 1.29 is 0 Å². The van der Waals surface area contributed by atoms with Crippen LogP contribution < -0.4 is 5.73 Å². The Bertz CT molecular complexity index is 3100. The average Bonchev–Trinajstić information content (AvgIpc) is 3.94. The molecular formula is C47H31N3S. The minimum absolute atomic E-state index is 0.870. The Morgan fingerprint density at radius 2 is 1.08 bits per heavy atom. The molecule has 51 heavy (non-hydrogen) atoms. The van der Waals surface area contributed by atoms with Gasteiger partial charge in [-0.05, 0) is 77.4 Å². The van der Waals surface area contributed by atoms with Gasteiger partial charge in [-0.2, -0.15) is 0 Å². The minimum Gasteiger partial charge on any atom is -0.314 e. The summed E-state index contributed by atoms with van der Waals surface area (Å²) in [4.78, 5) is 0. The number of para-hydroxylation sites is 3. The molecule has 7 aromatic carbocycles. The molecule has 1 atom stereocenters. The fourth-order valence-electron chi connectivity index (χ4n) is 8.53. The maximum absolute atomic E-state index is 7.64. The van der Waals surface area contributed by atoms with Crippen LogP contribution in [0.1, 0.15) is 5.56 Å². The van der Waals surface area contributed by atoms with Gasteiger partial charge >= 0.3 is 0 Å². The predicted molar refractivity (Wildman–Crippen MR) is 218 cm³/mol. The number of hydrogen-bond donors (Lipinski definition) is 1. The van der Waals surface area contributed by atoms with Crippen LogP contribution in [-0.2, 0) is 5.66 Å². The Kier molecular flexibility index (Phi) is 5.98. The van der Waals surface area contributed by atoms with Crippen LogP contribution in [0.15, 0.2) is 176 Å². The maximum Gasteiger partial charge on any atom is 0.139 e. The highest BCUT2D eigenvalue weighted by Gasteiger charge is 2.36. The molecule has 3 heterocycles. The van der Waals surface area contributed by atoms with Crippen LogP contribution in [0.4, 0.5) is 0 Å². The van der Waals surface area contributed by atoms with E-state index in [1.807, 2.05) is 11.3 Å². The lowest BCUT2D eigenvalue weighted by molar-refractivity contribution is 0.544. The average molecular weight is 670 g/mol. The standard InChI is InChI=1S/C47H31N3S/c48-47(27-11-19-40(47)37-18-10-17-36-35-16-6-9-22-45(35)51-46(36)37)50-43-21-8-5-15-34(43)39-29-31(24-26-44(39)50)30-23-25-42-38(28-30)33-14-4-7-20-41(33)49(42)32-12-2-1-3-13-32/h1-29H,48H2/t47-/m1/s1. The summed E-state index contributed by atoms with van der Waals surface area (Å²) in [6.45, 7) is 0. The second-order valence-electron chi connectivity index (χ2n) is 13.5. The van der Waals surface area contributed by atoms with E-state index in [1.54, 1.807) is 0 Å². The number of aromatic nitrogens is 2. The second kappa shape index (κ2) is 10.6. The lowest BCUT2D eigenvalue weighted by Gasteiger charge is -2.31. The molecule has 4 heteroatoms. The zero-order valence-electron chi connectivity index (χ0n) is 27.6. The zero-order valence-corrected chi connectivity index (χ0v) is 28.4. The van der Waals surface area contributed by atoms with E-state index in [4.69, 9.17) is 5.73 Å². The number of nitrogens with zero attached hydrogens (tertiary/aromatic N) is 2. The van der Waals surface area contributed by atoms with Gasteiger partial charge in [-0.15, -0.1) is 11.3 Å². The Morgan fingerprint density at radius 3 is 1.88 bits per heavy atom. The first-order chi connectivity index (χ1) is 25.2. The molecule has 0 saturated carbocycles. The highest BCUT2D eigenvalue weighted by atomic mass is 32.1. The van der Waals surface area contributed by atoms with Crippen molar-refractivity contribution in [1.29, 1.82) is 0 Å². The predicted octanol–water partition coefficient (Wildman–Crippen LogP) is 12.2. The van der Waals surface area contributed by atoms with E-state index in [0.717, 1.165) is 16.6 Å². The molecule has 0 amide bonds. The molecule has 3 nitrogen and oxygen atoms in total. The monoisotopic (exact) mass is 669 g/mol. The highest BCUT2D eigenvalue weighted by Crippen LogP contribution is 2.46. The first kappa shape index (κ1) is 28.6. The van der Waals surface area contributed by atoms with Crippen LogP contribution in [0.3, 0.4) is 0 Å². The number of benzene rings is 7. The van der Waals surface area contributed by atoms with Crippen LogP contribution in [0.25, 0.3) is 86.2 Å². The summed E-state index contributed by atoms with van der Waals surface area (Å²) in [5.41, 5.74) is 17.3. The third kappa shape index (κ3) is 4.03. The van der Waals surface area contributed by atoms with Crippen LogP contribution in [-0.4, -0.2) is 9.13 Å². The number of nitrogens with two attached hydrogens (primary N) is 1. The SMILES string of the molecule is N[C@@]1(n2c3ccccc3c3cc(-c4ccc5c(c4)c4ccccc4n5-c4ccccc4)ccc32)C=CC=C1c1cccc2c1sc1ccccc12. The van der Waals surface area contributed by atoms with Crippen molar-refractivity contribution in [2.75, 3.05) is 0 Å².